The number of nitrogens with one attached hydrogen (secondary N) is 1. The van der Waals surface area contributed by atoms with E-state index in [0.29, 0.717) is 12.0 Å². The molecule has 0 radical (unpaired) electrons. The number of fused-ring (bicyclic) bond motifs is 5. The fourth-order valence-corrected chi connectivity index (χ4v) is 4.32. The van der Waals surface area contributed by atoms with Crippen molar-refractivity contribution in [1.29, 1.82) is 0 Å². The summed E-state index contributed by atoms with van der Waals surface area (Å²) in [6.07, 6.45) is 4.32. The van der Waals surface area contributed by atoms with Crippen molar-refractivity contribution in [1.82, 2.24) is 4.98 Å². The van der Waals surface area contributed by atoms with Crippen molar-refractivity contribution in [2.75, 3.05) is 11.9 Å². The Balaban J connectivity index is 1.69. The van der Waals surface area contributed by atoms with Crippen molar-refractivity contribution in [3.8, 4) is 0 Å². The van der Waals surface area contributed by atoms with E-state index in [9.17, 15) is 0 Å². The van der Waals surface area contributed by atoms with Gasteiger partial charge in [0.2, 0.25) is 0 Å². The molecule has 1 saturated heterocycles. The second kappa shape index (κ2) is 5.60. The minimum atomic E-state index is 0.146. The smallest absolute Gasteiger partial charge is 0.0902 e. The van der Waals surface area contributed by atoms with Crippen LogP contribution in [-0.4, -0.2) is 11.6 Å². The van der Waals surface area contributed by atoms with Crippen LogP contribution >= 0.6 is 0 Å². The first-order valence-electron chi connectivity index (χ1n) is 8.72. The summed E-state index contributed by atoms with van der Waals surface area (Å²) < 4.78 is 6.30. The van der Waals surface area contributed by atoms with E-state index in [1.165, 1.54) is 28.6 Å². The summed E-state index contributed by atoms with van der Waals surface area (Å²) in [7, 11) is 0. The van der Waals surface area contributed by atoms with Crippen molar-refractivity contribution in [2.45, 2.75) is 25.0 Å². The fourth-order valence-electron chi connectivity index (χ4n) is 4.32. The normalized spacial score (nSPS) is 25.6. The van der Waals surface area contributed by atoms with E-state index >= 15 is 0 Å². The van der Waals surface area contributed by atoms with Gasteiger partial charge in [-0.2, -0.15) is 0 Å². The lowest BCUT2D eigenvalue weighted by molar-refractivity contribution is -0.0372. The number of rotatable bonds is 1. The van der Waals surface area contributed by atoms with Gasteiger partial charge in [-0.1, -0.05) is 36.4 Å². The fraction of sp³-hybridized carbons (Fsp3) is 0.286. The Morgan fingerprint density at radius 1 is 1.00 bits per heavy atom. The second-order valence-corrected chi connectivity index (χ2v) is 6.73. The standard InChI is InChI=1S/C21H20N2O/c1-2-6-14(7-3-1)20-16-9-5-13-24-21(16)19-15-8-4-12-22-17(15)10-11-18(19)23-20/h1-4,6-8,10-12,16,20-21,23H,5,9,13H2/t16?,20-,21+/m1/s1. The average molecular weight is 316 g/mol. The van der Waals surface area contributed by atoms with Gasteiger partial charge < -0.3 is 10.1 Å². The summed E-state index contributed by atoms with van der Waals surface area (Å²) in [5.41, 5.74) is 4.86. The van der Waals surface area contributed by atoms with Gasteiger partial charge in [0.05, 0.1) is 17.7 Å². The monoisotopic (exact) mass is 316 g/mol. The van der Waals surface area contributed by atoms with Crippen molar-refractivity contribution in [3.05, 3.63) is 71.9 Å². The molecule has 3 atom stereocenters. The number of pyridine rings is 1. The topological polar surface area (TPSA) is 34.2 Å². The van der Waals surface area contributed by atoms with Gasteiger partial charge in [-0.15, -0.1) is 0 Å². The van der Waals surface area contributed by atoms with Crippen LogP contribution in [0.1, 0.15) is 36.1 Å². The number of aromatic nitrogens is 1. The highest BCUT2D eigenvalue weighted by Crippen LogP contribution is 2.50. The number of anilines is 1. The Morgan fingerprint density at radius 3 is 2.83 bits per heavy atom. The van der Waals surface area contributed by atoms with Crippen LogP contribution < -0.4 is 5.32 Å². The molecule has 0 bridgehead atoms. The highest BCUT2D eigenvalue weighted by Gasteiger charge is 2.40. The molecule has 0 amide bonds. The average Bonchev–Trinajstić information content (AvgIpc) is 2.67. The van der Waals surface area contributed by atoms with E-state index in [-0.39, 0.29) is 6.10 Å². The second-order valence-electron chi connectivity index (χ2n) is 6.73. The maximum atomic E-state index is 6.30. The molecule has 3 nitrogen and oxygen atoms in total. The van der Waals surface area contributed by atoms with Gasteiger partial charge in [0.1, 0.15) is 0 Å². The highest BCUT2D eigenvalue weighted by molar-refractivity contribution is 5.88. The Hall–Kier alpha value is -2.39. The van der Waals surface area contributed by atoms with E-state index in [1.54, 1.807) is 0 Å². The molecule has 1 N–H and O–H groups in total. The Bertz CT molecular complexity index is 877. The van der Waals surface area contributed by atoms with Crippen molar-refractivity contribution in [2.24, 2.45) is 5.92 Å². The first-order chi connectivity index (χ1) is 11.9. The summed E-state index contributed by atoms with van der Waals surface area (Å²) in [6.45, 7) is 0.846. The molecule has 2 aliphatic rings. The van der Waals surface area contributed by atoms with Crippen molar-refractivity contribution >= 4 is 16.6 Å². The van der Waals surface area contributed by atoms with Gasteiger partial charge in [0.25, 0.3) is 0 Å². The molecule has 120 valence electrons. The maximum absolute atomic E-state index is 6.30. The van der Waals surface area contributed by atoms with Gasteiger partial charge in [-0.25, -0.2) is 0 Å². The van der Waals surface area contributed by atoms with Crippen LogP contribution in [0.5, 0.6) is 0 Å². The van der Waals surface area contributed by atoms with Gasteiger partial charge >= 0.3 is 0 Å². The third kappa shape index (κ3) is 2.12. The molecule has 2 aromatic carbocycles. The third-order valence-corrected chi connectivity index (χ3v) is 5.38. The summed E-state index contributed by atoms with van der Waals surface area (Å²) in [6, 6.07) is 19.5. The van der Waals surface area contributed by atoms with Crippen LogP contribution in [0.4, 0.5) is 5.69 Å². The lowest BCUT2D eigenvalue weighted by Crippen LogP contribution is -2.36. The molecule has 0 spiro atoms. The molecule has 0 saturated carbocycles. The SMILES string of the molecule is c1ccc([C@H]2Nc3ccc4ncccc4c3[C@H]3OCCCC23)cc1. The molecule has 2 aliphatic heterocycles. The van der Waals surface area contributed by atoms with E-state index in [1.807, 2.05) is 12.3 Å². The zero-order chi connectivity index (χ0) is 15.9. The minimum absolute atomic E-state index is 0.146. The molecule has 1 fully saturated rings. The summed E-state index contributed by atoms with van der Waals surface area (Å²) in [5, 5.41) is 5.01. The van der Waals surface area contributed by atoms with E-state index in [0.717, 1.165) is 18.5 Å². The molecule has 3 aromatic rings. The zero-order valence-electron chi connectivity index (χ0n) is 13.5. The molecule has 3 heterocycles. The molecule has 5 rings (SSSR count). The lowest BCUT2D eigenvalue weighted by Gasteiger charge is -2.43. The molecule has 0 aliphatic carbocycles. The van der Waals surface area contributed by atoms with Crippen molar-refractivity contribution in [3.63, 3.8) is 0 Å². The third-order valence-electron chi connectivity index (χ3n) is 5.38. The molecule has 24 heavy (non-hydrogen) atoms. The Kier molecular flexibility index (Phi) is 3.27. The summed E-state index contributed by atoms with van der Waals surface area (Å²) >= 11 is 0. The van der Waals surface area contributed by atoms with E-state index in [4.69, 9.17) is 4.74 Å². The zero-order valence-corrected chi connectivity index (χ0v) is 13.5. The lowest BCUT2D eigenvalue weighted by atomic mass is 9.76. The number of hydrogen-bond acceptors (Lipinski definition) is 3. The molecule has 1 unspecified atom stereocenters. The van der Waals surface area contributed by atoms with Gasteiger partial charge in [-0.05, 0) is 36.6 Å². The number of nitrogens with zero attached hydrogens (tertiary/aromatic N) is 1. The summed E-state index contributed by atoms with van der Waals surface area (Å²) in [5.74, 6) is 0.458. The van der Waals surface area contributed by atoms with Crippen LogP contribution in [0.15, 0.2) is 60.8 Å². The van der Waals surface area contributed by atoms with Crippen LogP contribution in [-0.2, 0) is 4.74 Å². The van der Waals surface area contributed by atoms with Crippen LogP contribution in [0.25, 0.3) is 10.9 Å². The molecule has 1 aromatic heterocycles. The molecule has 3 heteroatoms. The number of hydrogen-bond donors (Lipinski definition) is 1. The summed E-state index contributed by atoms with van der Waals surface area (Å²) in [4.78, 5) is 4.52. The number of benzene rings is 2. The molecular formula is C21H20N2O. The maximum Gasteiger partial charge on any atom is 0.0902 e. The first kappa shape index (κ1) is 14.0. The van der Waals surface area contributed by atoms with E-state index < -0.39 is 0 Å². The largest absolute Gasteiger partial charge is 0.378 e. The molecular weight excluding hydrogens is 296 g/mol. The Labute approximate surface area is 141 Å². The van der Waals surface area contributed by atoms with Crippen LogP contribution in [0.2, 0.25) is 0 Å². The van der Waals surface area contributed by atoms with Gasteiger partial charge in [0.15, 0.2) is 0 Å². The quantitative estimate of drug-likeness (QED) is 0.695. The van der Waals surface area contributed by atoms with E-state index in [2.05, 4.69) is 58.8 Å². The van der Waals surface area contributed by atoms with Crippen molar-refractivity contribution < 1.29 is 4.74 Å². The highest BCUT2D eigenvalue weighted by atomic mass is 16.5. The Morgan fingerprint density at radius 2 is 1.92 bits per heavy atom. The van der Waals surface area contributed by atoms with Crippen LogP contribution in [0.3, 0.4) is 0 Å². The number of ether oxygens (including phenoxy) is 1. The predicted molar refractivity (Wildman–Crippen MR) is 96.0 cm³/mol. The van der Waals surface area contributed by atoms with Crippen LogP contribution in [0, 0.1) is 5.92 Å². The van der Waals surface area contributed by atoms with Gasteiger partial charge in [-0.3, -0.25) is 4.98 Å². The predicted octanol–water partition coefficient (Wildman–Crippen LogP) is 4.87. The first-order valence-corrected chi connectivity index (χ1v) is 8.72. The minimum Gasteiger partial charge on any atom is -0.378 e. The van der Waals surface area contributed by atoms with Gasteiger partial charge in [0, 0.05) is 35.4 Å².